The van der Waals surface area contributed by atoms with Crippen LogP contribution in [-0.4, -0.2) is 24.6 Å². The van der Waals surface area contributed by atoms with Gasteiger partial charge in [0.05, 0.1) is 5.69 Å². The fraction of sp³-hybridized carbons (Fsp3) is 0.158. The number of aromatic nitrogens is 5. The van der Waals surface area contributed by atoms with E-state index >= 15 is 0 Å². The Hall–Kier alpha value is -3.35. The average Bonchev–Trinajstić information content (AvgIpc) is 3.07. The smallest absolute Gasteiger partial charge is 0.254 e. The highest BCUT2D eigenvalue weighted by molar-refractivity contribution is 5.61. The van der Waals surface area contributed by atoms with Gasteiger partial charge in [-0.25, -0.2) is 9.37 Å². The summed E-state index contributed by atoms with van der Waals surface area (Å²) in [6, 6.07) is 11.9. The fourth-order valence-electron chi connectivity index (χ4n) is 2.60. The first-order chi connectivity index (χ1) is 12.6. The number of hydrogen-bond acceptors (Lipinski definition) is 5. The molecule has 4 aromatic rings. The molecule has 3 aromatic heterocycles. The molecular weight excluding hydrogens is 331 g/mol. The predicted molar refractivity (Wildman–Crippen MR) is 97.8 cm³/mol. The number of nitrogens with one attached hydrogen (secondary N) is 1. The Morgan fingerprint density at radius 3 is 2.69 bits per heavy atom. The predicted octanol–water partition coefficient (Wildman–Crippen LogP) is 4.19. The van der Waals surface area contributed by atoms with Crippen LogP contribution in [0.1, 0.15) is 25.5 Å². The van der Waals surface area contributed by atoms with Gasteiger partial charge in [0.25, 0.3) is 5.78 Å². The van der Waals surface area contributed by atoms with E-state index in [1.807, 2.05) is 18.2 Å². The molecular formula is C19H17FN6. The quantitative estimate of drug-likeness (QED) is 0.599. The van der Waals surface area contributed by atoms with Crippen LogP contribution in [0.15, 0.2) is 54.9 Å². The summed E-state index contributed by atoms with van der Waals surface area (Å²) in [7, 11) is 0. The van der Waals surface area contributed by atoms with E-state index in [-0.39, 0.29) is 11.7 Å². The molecule has 1 N–H and O–H groups in total. The van der Waals surface area contributed by atoms with Crippen LogP contribution >= 0.6 is 0 Å². The molecule has 0 fully saturated rings. The molecule has 4 rings (SSSR count). The van der Waals surface area contributed by atoms with Gasteiger partial charge >= 0.3 is 0 Å². The van der Waals surface area contributed by atoms with E-state index in [2.05, 4.69) is 39.2 Å². The Kier molecular flexibility index (Phi) is 4.04. The van der Waals surface area contributed by atoms with Gasteiger partial charge in [0.1, 0.15) is 11.6 Å². The first kappa shape index (κ1) is 16.1. The lowest BCUT2D eigenvalue weighted by molar-refractivity contribution is 0.628. The molecule has 26 heavy (non-hydrogen) atoms. The van der Waals surface area contributed by atoms with E-state index in [9.17, 15) is 4.39 Å². The summed E-state index contributed by atoms with van der Waals surface area (Å²) >= 11 is 0. The summed E-state index contributed by atoms with van der Waals surface area (Å²) in [4.78, 5) is 13.2. The number of halogens is 1. The molecule has 0 aliphatic rings. The number of nitrogens with zero attached hydrogens (tertiary/aromatic N) is 5. The van der Waals surface area contributed by atoms with Crippen molar-refractivity contribution in [2.45, 2.75) is 19.8 Å². The lowest BCUT2D eigenvalue weighted by Gasteiger charge is -2.11. The molecule has 3 heterocycles. The lowest BCUT2D eigenvalue weighted by atomic mass is 10.1. The summed E-state index contributed by atoms with van der Waals surface area (Å²) < 4.78 is 15.1. The average molecular weight is 348 g/mol. The summed E-state index contributed by atoms with van der Waals surface area (Å²) in [5, 5.41) is 7.76. The van der Waals surface area contributed by atoms with Crippen molar-refractivity contribution >= 4 is 17.3 Å². The summed E-state index contributed by atoms with van der Waals surface area (Å²) in [5.41, 5.74) is 2.31. The third-order valence-electron chi connectivity index (χ3n) is 3.94. The monoisotopic (exact) mass is 348 g/mol. The van der Waals surface area contributed by atoms with Crippen LogP contribution in [-0.2, 0) is 0 Å². The molecule has 0 atom stereocenters. The summed E-state index contributed by atoms with van der Waals surface area (Å²) in [6.45, 7) is 4.12. The molecule has 0 unspecified atom stereocenters. The fourth-order valence-corrected chi connectivity index (χ4v) is 2.60. The van der Waals surface area contributed by atoms with Gasteiger partial charge in [0, 0.05) is 29.7 Å². The molecule has 0 aliphatic heterocycles. The highest BCUT2D eigenvalue weighted by Gasteiger charge is 2.14. The number of benzene rings is 1. The van der Waals surface area contributed by atoms with Crippen molar-refractivity contribution in [1.29, 1.82) is 0 Å². The molecule has 0 radical (unpaired) electrons. The number of rotatable bonds is 4. The highest BCUT2D eigenvalue weighted by Crippen LogP contribution is 2.24. The maximum absolute atomic E-state index is 13.5. The number of fused-ring (bicyclic) bond motifs is 1. The first-order valence-electron chi connectivity index (χ1n) is 8.31. The minimum Gasteiger partial charge on any atom is -0.340 e. The minimum absolute atomic E-state index is 0.214. The molecule has 1 aromatic carbocycles. The second kappa shape index (κ2) is 6.51. The maximum Gasteiger partial charge on any atom is 0.254 e. The van der Waals surface area contributed by atoms with Crippen LogP contribution in [0.5, 0.6) is 0 Å². The van der Waals surface area contributed by atoms with Crippen molar-refractivity contribution in [2.24, 2.45) is 0 Å². The maximum atomic E-state index is 13.5. The van der Waals surface area contributed by atoms with Crippen molar-refractivity contribution in [2.75, 3.05) is 5.32 Å². The van der Waals surface area contributed by atoms with E-state index < -0.39 is 0 Å². The molecule has 0 saturated carbocycles. The molecule has 0 saturated heterocycles. The lowest BCUT2D eigenvalue weighted by Crippen LogP contribution is -2.05. The van der Waals surface area contributed by atoms with Crippen molar-refractivity contribution in [3.05, 3.63) is 66.4 Å². The molecule has 6 nitrogen and oxygen atoms in total. The van der Waals surface area contributed by atoms with Gasteiger partial charge in [0.2, 0.25) is 0 Å². The van der Waals surface area contributed by atoms with Gasteiger partial charge in [-0.15, -0.1) is 5.10 Å². The molecule has 130 valence electrons. The van der Waals surface area contributed by atoms with Gasteiger partial charge in [-0.2, -0.15) is 9.50 Å². The van der Waals surface area contributed by atoms with Gasteiger partial charge < -0.3 is 5.32 Å². The standard InChI is InChI=1S/C19H17FN6/c1-12(2)16-10-17(22-15-7-3-6-14(20)9-15)26-19(23-16)24-18(25-26)13-5-4-8-21-11-13/h3-12,22H,1-2H3. The van der Waals surface area contributed by atoms with Gasteiger partial charge in [-0.05, 0) is 36.2 Å². The van der Waals surface area contributed by atoms with Crippen LogP contribution in [0.4, 0.5) is 15.9 Å². The molecule has 7 heteroatoms. The molecule has 0 bridgehead atoms. The largest absolute Gasteiger partial charge is 0.340 e. The second-order valence-corrected chi connectivity index (χ2v) is 6.25. The first-order valence-corrected chi connectivity index (χ1v) is 8.31. The summed E-state index contributed by atoms with van der Waals surface area (Å²) in [6.07, 6.45) is 3.41. The number of pyridine rings is 1. The zero-order valence-corrected chi connectivity index (χ0v) is 14.4. The van der Waals surface area contributed by atoms with Crippen molar-refractivity contribution in [1.82, 2.24) is 24.6 Å². The van der Waals surface area contributed by atoms with E-state index in [4.69, 9.17) is 0 Å². The third-order valence-corrected chi connectivity index (χ3v) is 3.94. The SMILES string of the molecule is CC(C)c1cc(Nc2cccc(F)c2)n2nc(-c3cccnc3)nc2n1. The number of anilines is 2. The van der Waals surface area contributed by atoms with Gasteiger partial charge in [0.15, 0.2) is 5.82 Å². The molecule has 0 spiro atoms. The van der Waals surface area contributed by atoms with Crippen molar-refractivity contribution in [3.8, 4) is 11.4 Å². The third kappa shape index (κ3) is 3.11. The Morgan fingerprint density at radius 1 is 1.08 bits per heavy atom. The number of hydrogen-bond donors (Lipinski definition) is 1. The van der Waals surface area contributed by atoms with E-state index in [1.165, 1.54) is 12.1 Å². The topological polar surface area (TPSA) is 68.0 Å². The normalized spacial score (nSPS) is 11.2. The zero-order chi connectivity index (χ0) is 18.1. The highest BCUT2D eigenvalue weighted by atomic mass is 19.1. The molecule has 0 amide bonds. The Morgan fingerprint density at radius 2 is 1.96 bits per heavy atom. The van der Waals surface area contributed by atoms with E-state index in [1.54, 1.807) is 29.0 Å². The minimum atomic E-state index is -0.306. The van der Waals surface area contributed by atoms with E-state index in [0.29, 0.717) is 23.1 Å². The van der Waals surface area contributed by atoms with Gasteiger partial charge in [-0.3, -0.25) is 4.98 Å². The van der Waals surface area contributed by atoms with Crippen LogP contribution in [0.25, 0.3) is 17.2 Å². The Labute approximate surface area is 149 Å². The zero-order valence-electron chi connectivity index (χ0n) is 14.4. The van der Waals surface area contributed by atoms with Crippen molar-refractivity contribution < 1.29 is 4.39 Å². The van der Waals surface area contributed by atoms with Crippen molar-refractivity contribution in [3.63, 3.8) is 0 Å². The van der Waals surface area contributed by atoms with Crippen LogP contribution in [0, 0.1) is 5.82 Å². The van der Waals surface area contributed by atoms with E-state index in [0.717, 1.165) is 11.3 Å². The molecule has 0 aliphatic carbocycles. The van der Waals surface area contributed by atoms with Crippen LogP contribution < -0.4 is 5.32 Å². The van der Waals surface area contributed by atoms with Crippen LogP contribution in [0.2, 0.25) is 0 Å². The van der Waals surface area contributed by atoms with Gasteiger partial charge in [-0.1, -0.05) is 19.9 Å². The Bertz CT molecular complexity index is 1060. The summed E-state index contributed by atoms with van der Waals surface area (Å²) in [5.74, 6) is 1.60. The second-order valence-electron chi connectivity index (χ2n) is 6.25. The Balaban J connectivity index is 1.85. The van der Waals surface area contributed by atoms with Crippen LogP contribution in [0.3, 0.4) is 0 Å².